The van der Waals surface area contributed by atoms with Gasteiger partial charge in [-0.2, -0.15) is 0 Å². The zero-order chi connectivity index (χ0) is 15.7. The summed E-state index contributed by atoms with van der Waals surface area (Å²) < 4.78 is 0. The summed E-state index contributed by atoms with van der Waals surface area (Å²) in [5.41, 5.74) is 3.21. The van der Waals surface area contributed by atoms with Gasteiger partial charge in [0.15, 0.2) is 5.78 Å². The van der Waals surface area contributed by atoms with Gasteiger partial charge in [0.2, 0.25) is 0 Å². The molecule has 1 aliphatic carbocycles. The highest BCUT2D eigenvalue weighted by atomic mass is 35.5. The highest BCUT2D eigenvalue weighted by Crippen LogP contribution is 2.37. The number of hydrogen-bond acceptors (Lipinski definition) is 3. The molecule has 1 heterocycles. The minimum Gasteiger partial charge on any atom is -0.370 e. The van der Waals surface area contributed by atoms with Crippen LogP contribution < -0.4 is 10.2 Å². The summed E-state index contributed by atoms with van der Waals surface area (Å²) in [7, 11) is 0. The third-order valence-electron chi connectivity index (χ3n) is 4.36. The van der Waals surface area contributed by atoms with Crippen molar-refractivity contribution in [1.82, 2.24) is 0 Å². The minimum atomic E-state index is 0.0222. The fourth-order valence-electron chi connectivity index (χ4n) is 3.43. The molecule has 2 aliphatic rings. The second-order valence-corrected chi connectivity index (χ2v) is 7.57. The number of hydrogen-bond donors (Lipinski definition) is 1. The number of nitrogens with zero attached hydrogens (tertiary/aromatic N) is 1. The van der Waals surface area contributed by atoms with Gasteiger partial charge in [0, 0.05) is 36.3 Å². The van der Waals surface area contributed by atoms with Crippen molar-refractivity contribution in [2.75, 3.05) is 23.3 Å². The van der Waals surface area contributed by atoms with Crippen molar-refractivity contribution >= 4 is 28.8 Å². The average Bonchev–Trinajstić information content (AvgIpc) is 2.92. The van der Waals surface area contributed by atoms with Crippen molar-refractivity contribution < 1.29 is 4.79 Å². The molecule has 0 bridgehead atoms. The minimum absolute atomic E-state index is 0.0222. The Bertz CT molecular complexity index is 616. The van der Waals surface area contributed by atoms with Crippen LogP contribution in [0.15, 0.2) is 30.0 Å². The van der Waals surface area contributed by atoms with Gasteiger partial charge >= 0.3 is 0 Å². The largest absolute Gasteiger partial charge is 0.370 e. The van der Waals surface area contributed by atoms with E-state index in [1.54, 1.807) is 6.08 Å². The van der Waals surface area contributed by atoms with Crippen LogP contribution in [0, 0.1) is 5.41 Å². The quantitative estimate of drug-likeness (QED) is 0.882. The third kappa shape index (κ3) is 3.46. The Morgan fingerprint density at radius 3 is 2.59 bits per heavy atom. The second kappa shape index (κ2) is 5.96. The lowest BCUT2D eigenvalue weighted by Gasteiger charge is -2.30. The summed E-state index contributed by atoms with van der Waals surface area (Å²) in [5.74, 6) is 0.204. The Morgan fingerprint density at radius 1 is 1.18 bits per heavy atom. The summed E-state index contributed by atoms with van der Waals surface area (Å²) in [6, 6.07) is 5.94. The molecule has 1 aliphatic heterocycles. The van der Waals surface area contributed by atoms with Gasteiger partial charge in [-0.1, -0.05) is 25.4 Å². The van der Waals surface area contributed by atoms with E-state index in [1.807, 2.05) is 18.2 Å². The van der Waals surface area contributed by atoms with E-state index in [0.29, 0.717) is 6.42 Å². The predicted molar refractivity (Wildman–Crippen MR) is 92.6 cm³/mol. The Labute approximate surface area is 137 Å². The van der Waals surface area contributed by atoms with Crippen LogP contribution in [0.5, 0.6) is 0 Å². The van der Waals surface area contributed by atoms with Gasteiger partial charge in [0.05, 0.1) is 11.4 Å². The molecule has 3 rings (SSSR count). The first-order valence-corrected chi connectivity index (χ1v) is 8.36. The van der Waals surface area contributed by atoms with Crippen LogP contribution in [0.25, 0.3) is 0 Å². The lowest BCUT2D eigenvalue weighted by atomic mass is 9.79. The maximum atomic E-state index is 11.9. The number of allylic oxidation sites excluding steroid dienone is 2. The molecule has 0 aromatic heterocycles. The molecule has 1 N–H and O–H groups in total. The molecule has 0 unspecified atom stereocenters. The highest BCUT2D eigenvalue weighted by molar-refractivity contribution is 6.31. The summed E-state index contributed by atoms with van der Waals surface area (Å²) >= 11 is 6.18. The van der Waals surface area contributed by atoms with E-state index in [0.717, 1.165) is 41.6 Å². The topological polar surface area (TPSA) is 32.3 Å². The monoisotopic (exact) mass is 318 g/mol. The Morgan fingerprint density at radius 2 is 1.91 bits per heavy atom. The van der Waals surface area contributed by atoms with Crippen molar-refractivity contribution in [3.63, 3.8) is 0 Å². The lowest BCUT2D eigenvalue weighted by molar-refractivity contribution is -0.117. The fraction of sp³-hybridized carbons (Fsp3) is 0.500. The number of anilines is 2. The number of carbonyl (C=O) groups excluding carboxylic acids is 1. The van der Waals surface area contributed by atoms with Crippen LogP contribution >= 0.6 is 11.6 Å². The molecule has 0 radical (unpaired) electrons. The van der Waals surface area contributed by atoms with Gasteiger partial charge in [0.1, 0.15) is 0 Å². The van der Waals surface area contributed by atoms with Gasteiger partial charge in [-0.3, -0.25) is 4.79 Å². The predicted octanol–water partition coefficient (Wildman–Crippen LogP) is 4.63. The zero-order valence-corrected chi connectivity index (χ0v) is 14.0. The van der Waals surface area contributed by atoms with Crippen molar-refractivity contribution in [2.24, 2.45) is 5.41 Å². The molecule has 1 aromatic rings. The molecule has 0 saturated carbocycles. The average molecular weight is 319 g/mol. The third-order valence-corrected chi connectivity index (χ3v) is 4.59. The number of nitrogens with one attached hydrogen (secondary N) is 1. The normalized spacial score (nSPS) is 21.0. The summed E-state index contributed by atoms with van der Waals surface area (Å²) in [5, 5.41) is 4.23. The molecule has 118 valence electrons. The first-order chi connectivity index (χ1) is 10.4. The standard InChI is InChI=1S/C18H23ClN2O/c1-18(2)11-14(10-15(22)12-18)20-16-6-5-13(19)9-17(16)21-7-3-4-8-21/h5-6,9-10,20H,3-4,7-8,11-12H2,1-2H3. The van der Waals surface area contributed by atoms with Crippen LogP contribution in [0.3, 0.4) is 0 Å². The van der Waals surface area contributed by atoms with E-state index in [9.17, 15) is 4.79 Å². The SMILES string of the molecule is CC1(C)CC(=O)C=C(Nc2ccc(Cl)cc2N2CCCC2)C1. The fourth-order valence-corrected chi connectivity index (χ4v) is 3.60. The first kappa shape index (κ1) is 15.4. The van der Waals surface area contributed by atoms with Gasteiger partial charge in [-0.15, -0.1) is 0 Å². The van der Waals surface area contributed by atoms with E-state index in [1.165, 1.54) is 12.8 Å². The van der Waals surface area contributed by atoms with Crippen LogP contribution in [-0.2, 0) is 4.79 Å². The number of halogens is 1. The van der Waals surface area contributed by atoms with Crippen molar-refractivity contribution in [1.29, 1.82) is 0 Å². The molecule has 3 nitrogen and oxygen atoms in total. The molecule has 1 fully saturated rings. The number of ketones is 1. The van der Waals surface area contributed by atoms with Gasteiger partial charge < -0.3 is 10.2 Å². The lowest BCUT2D eigenvalue weighted by Crippen LogP contribution is -2.25. The van der Waals surface area contributed by atoms with Crippen molar-refractivity contribution in [3.05, 3.63) is 35.0 Å². The number of benzene rings is 1. The second-order valence-electron chi connectivity index (χ2n) is 7.13. The summed E-state index contributed by atoms with van der Waals surface area (Å²) in [4.78, 5) is 14.3. The van der Waals surface area contributed by atoms with E-state index in [4.69, 9.17) is 11.6 Å². The van der Waals surface area contributed by atoms with E-state index < -0.39 is 0 Å². The zero-order valence-electron chi connectivity index (χ0n) is 13.3. The molecule has 0 atom stereocenters. The Balaban J connectivity index is 1.87. The van der Waals surface area contributed by atoms with Crippen LogP contribution in [0.2, 0.25) is 5.02 Å². The summed E-state index contributed by atoms with van der Waals surface area (Å²) in [6.45, 7) is 6.42. The molecule has 4 heteroatoms. The van der Waals surface area contributed by atoms with Crippen molar-refractivity contribution in [2.45, 2.75) is 39.5 Å². The first-order valence-electron chi connectivity index (χ1n) is 7.98. The van der Waals surface area contributed by atoms with Crippen molar-refractivity contribution in [3.8, 4) is 0 Å². The van der Waals surface area contributed by atoms with Gasteiger partial charge in [0.25, 0.3) is 0 Å². The Kier molecular flexibility index (Phi) is 4.18. The molecule has 1 saturated heterocycles. The van der Waals surface area contributed by atoms with Crippen LogP contribution in [-0.4, -0.2) is 18.9 Å². The van der Waals surface area contributed by atoms with Gasteiger partial charge in [-0.05, 0) is 42.9 Å². The van der Waals surface area contributed by atoms with E-state index in [-0.39, 0.29) is 11.2 Å². The maximum absolute atomic E-state index is 11.9. The molecular weight excluding hydrogens is 296 g/mol. The van der Waals surface area contributed by atoms with E-state index >= 15 is 0 Å². The number of rotatable bonds is 3. The number of carbonyl (C=O) groups is 1. The molecule has 1 aromatic carbocycles. The molecule has 0 amide bonds. The molecule has 0 spiro atoms. The highest BCUT2D eigenvalue weighted by Gasteiger charge is 2.28. The Hall–Kier alpha value is -1.48. The van der Waals surface area contributed by atoms with Crippen LogP contribution in [0.4, 0.5) is 11.4 Å². The van der Waals surface area contributed by atoms with E-state index in [2.05, 4.69) is 24.1 Å². The van der Waals surface area contributed by atoms with Crippen LogP contribution in [0.1, 0.15) is 39.5 Å². The molecule has 22 heavy (non-hydrogen) atoms. The summed E-state index contributed by atoms with van der Waals surface area (Å²) in [6.07, 6.45) is 5.71. The molecular formula is C18H23ClN2O. The maximum Gasteiger partial charge on any atom is 0.157 e. The van der Waals surface area contributed by atoms with Gasteiger partial charge in [-0.25, -0.2) is 0 Å². The smallest absolute Gasteiger partial charge is 0.157 e.